The van der Waals surface area contributed by atoms with Gasteiger partial charge in [0, 0.05) is 56.5 Å². The van der Waals surface area contributed by atoms with Gasteiger partial charge in [-0.15, -0.1) is 0 Å². The lowest BCUT2D eigenvalue weighted by Gasteiger charge is -2.43. The van der Waals surface area contributed by atoms with E-state index < -0.39 is 0 Å². The molecule has 160 valence electrons. The Morgan fingerprint density at radius 3 is 2.83 bits per heavy atom. The van der Waals surface area contributed by atoms with Crippen LogP contribution in [-0.4, -0.2) is 77.6 Å². The molecule has 2 saturated heterocycles. The molecule has 0 aromatic carbocycles. The Kier molecular flexibility index (Phi) is 5.95. The Balaban J connectivity index is 1.27. The molecule has 1 atom stereocenters. The molecule has 5 rings (SSSR count). The highest BCUT2D eigenvalue weighted by Gasteiger charge is 2.29. The van der Waals surface area contributed by atoms with Crippen LogP contribution < -0.4 is 0 Å². The van der Waals surface area contributed by atoms with Gasteiger partial charge in [-0.1, -0.05) is 0 Å². The van der Waals surface area contributed by atoms with Crippen LogP contribution >= 0.6 is 0 Å². The largest absolute Gasteiger partial charge is 0.382 e. The number of aromatic amines is 1. The molecule has 3 aromatic heterocycles. The van der Waals surface area contributed by atoms with Gasteiger partial charge in [-0.25, -0.2) is 15.0 Å². The van der Waals surface area contributed by atoms with Gasteiger partial charge in [-0.3, -0.25) is 4.98 Å². The molecule has 2 aliphatic heterocycles. The number of hydrogen-bond donors (Lipinski definition) is 1. The van der Waals surface area contributed by atoms with E-state index in [9.17, 15) is 0 Å². The van der Waals surface area contributed by atoms with Gasteiger partial charge in [-0.05, 0) is 49.3 Å². The molecule has 0 spiro atoms. The first-order chi connectivity index (χ1) is 14.8. The van der Waals surface area contributed by atoms with Crippen LogP contribution in [-0.2, 0) is 9.47 Å². The van der Waals surface area contributed by atoms with E-state index in [0.717, 1.165) is 43.8 Å². The van der Waals surface area contributed by atoms with Crippen LogP contribution in [0.25, 0.3) is 21.9 Å². The van der Waals surface area contributed by atoms with Crippen molar-refractivity contribution in [3.05, 3.63) is 36.3 Å². The molecule has 2 aliphatic rings. The third-order valence-electron chi connectivity index (χ3n) is 6.63. The maximum atomic E-state index is 6.01. The van der Waals surface area contributed by atoms with Crippen molar-refractivity contribution in [2.45, 2.75) is 37.7 Å². The molecule has 7 heteroatoms. The lowest BCUT2D eigenvalue weighted by atomic mass is 9.87. The highest BCUT2D eigenvalue weighted by atomic mass is 16.5. The minimum Gasteiger partial charge on any atom is -0.382 e. The van der Waals surface area contributed by atoms with Gasteiger partial charge in [0.1, 0.15) is 5.65 Å². The van der Waals surface area contributed by atoms with Gasteiger partial charge in [0.05, 0.1) is 31.0 Å². The van der Waals surface area contributed by atoms with Crippen LogP contribution in [0.4, 0.5) is 0 Å². The molecule has 0 aliphatic carbocycles. The Bertz CT molecular complexity index is 982. The number of methoxy groups -OCH3 is 1. The zero-order valence-corrected chi connectivity index (χ0v) is 17.7. The molecular weight excluding hydrogens is 378 g/mol. The molecule has 30 heavy (non-hydrogen) atoms. The smallest absolute Gasteiger partial charge is 0.137 e. The number of fused-ring (bicyclic) bond motifs is 3. The summed E-state index contributed by atoms with van der Waals surface area (Å²) in [5.41, 5.74) is 3.36. The Morgan fingerprint density at radius 2 is 1.97 bits per heavy atom. The molecule has 3 aromatic rings. The summed E-state index contributed by atoms with van der Waals surface area (Å²) in [4.78, 5) is 12.3. The van der Waals surface area contributed by atoms with Crippen LogP contribution in [0.15, 0.2) is 30.7 Å². The van der Waals surface area contributed by atoms with Gasteiger partial charge < -0.3 is 14.5 Å². The summed E-state index contributed by atoms with van der Waals surface area (Å²) >= 11 is 0. The highest BCUT2D eigenvalue weighted by molar-refractivity contribution is 6.05. The predicted octanol–water partition coefficient (Wildman–Crippen LogP) is 3.33. The zero-order chi connectivity index (χ0) is 20.3. The number of hydrogen-bond acceptors (Lipinski definition) is 6. The number of hydrazine groups is 1. The molecule has 0 saturated carbocycles. The average Bonchev–Trinajstić information content (AvgIpc) is 3.28. The quantitative estimate of drug-likeness (QED) is 0.630. The summed E-state index contributed by atoms with van der Waals surface area (Å²) in [5, 5.41) is 7.53. The molecule has 0 radical (unpaired) electrons. The van der Waals surface area contributed by atoms with Gasteiger partial charge >= 0.3 is 0 Å². The summed E-state index contributed by atoms with van der Waals surface area (Å²) in [5.74, 6) is 0.561. The first kappa shape index (κ1) is 19.9. The molecular formula is C23H31N5O2. The molecule has 7 nitrogen and oxygen atoms in total. The average molecular weight is 410 g/mol. The number of H-pyrrole nitrogens is 1. The number of ether oxygens (including phenoxy) is 2. The predicted molar refractivity (Wildman–Crippen MR) is 117 cm³/mol. The molecule has 5 heterocycles. The van der Waals surface area contributed by atoms with Gasteiger partial charge in [-0.2, -0.15) is 0 Å². The van der Waals surface area contributed by atoms with E-state index >= 15 is 0 Å². The Morgan fingerprint density at radius 1 is 1.07 bits per heavy atom. The summed E-state index contributed by atoms with van der Waals surface area (Å²) in [6.45, 7) is 5.70. The van der Waals surface area contributed by atoms with Crippen molar-refractivity contribution in [1.29, 1.82) is 0 Å². The van der Waals surface area contributed by atoms with Gasteiger partial charge in [0.2, 0.25) is 0 Å². The first-order valence-corrected chi connectivity index (χ1v) is 11.1. The van der Waals surface area contributed by atoms with Crippen molar-refractivity contribution in [3.8, 4) is 0 Å². The van der Waals surface area contributed by atoms with Crippen molar-refractivity contribution in [3.63, 3.8) is 0 Å². The van der Waals surface area contributed by atoms with Crippen LogP contribution in [0.1, 0.15) is 37.2 Å². The summed E-state index contributed by atoms with van der Waals surface area (Å²) < 4.78 is 11.1. The second-order valence-corrected chi connectivity index (χ2v) is 8.43. The fourth-order valence-electron chi connectivity index (χ4n) is 5.09. The van der Waals surface area contributed by atoms with Crippen LogP contribution in [0, 0.1) is 0 Å². The SMILES string of the molecule is COCCOC1CCCN(N2CCC(c3ccnc4cnc5[nH]ccc5c34)CC2)C1. The number of nitrogens with zero attached hydrogens (tertiary/aromatic N) is 4. The fraction of sp³-hybridized carbons (Fsp3) is 0.565. The highest BCUT2D eigenvalue weighted by Crippen LogP contribution is 2.35. The van der Waals surface area contributed by atoms with E-state index in [-0.39, 0.29) is 0 Å². The molecule has 1 unspecified atom stereocenters. The van der Waals surface area contributed by atoms with Crippen molar-refractivity contribution in [2.75, 3.05) is 46.5 Å². The monoisotopic (exact) mass is 409 g/mol. The molecule has 0 amide bonds. The summed E-state index contributed by atoms with van der Waals surface area (Å²) in [6.07, 6.45) is 10.8. The van der Waals surface area contributed by atoms with Crippen LogP contribution in [0.2, 0.25) is 0 Å². The Labute approximate surface area is 177 Å². The van der Waals surface area contributed by atoms with E-state index in [2.05, 4.69) is 37.1 Å². The third kappa shape index (κ3) is 3.95. The second kappa shape index (κ2) is 8.98. The molecule has 1 N–H and O–H groups in total. The minimum absolute atomic E-state index is 0.324. The number of pyridine rings is 2. The normalized spacial score (nSPS) is 22.2. The van der Waals surface area contributed by atoms with E-state index in [1.807, 2.05) is 18.6 Å². The maximum absolute atomic E-state index is 6.01. The maximum Gasteiger partial charge on any atom is 0.137 e. The van der Waals surface area contributed by atoms with Crippen molar-refractivity contribution in [2.24, 2.45) is 0 Å². The van der Waals surface area contributed by atoms with Crippen molar-refractivity contribution < 1.29 is 9.47 Å². The van der Waals surface area contributed by atoms with Crippen LogP contribution in [0.5, 0.6) is 0 Å². The van der Waals surface area contributed by atoms with E-state index in [4.69, 9.17) is 9.47 Å². The Hall–Kier alpha value is -2.06. The number of rotatable bonds is 6. The third-order valence-corrected chi connectivity index (χ3v) is 6.63. The minimum atomic E-state index is 0.324. The number of nitrogens with one attached hydrogen (secondary N) is 1. The van der Waals surface area contributed by atoms with Gasteiger partial charge in [0.15, 0.2) is 0 Å². The summed E-state index contributed by atoms with van der Waals surface area (Å²) in [6, 6.07) is 4.35. The van der Waals surface area contributed by atoms with Crippen LogP contribution in [0.3, 0.4) is 0 Å². The standard InChI is InChI=1S/C23H31N5O2/c1-29-13-14-30-18-3-2-10-28(16-18)27-11-6-17(7-12-27)19-4-8-24-21-15-26-23-20(22(19)21)5-9-25-23/h4-5,8-9,15,17-18H,2-3,6-7,10-14,16H2,1H3,(H,25,26). The van der Waals surface area contributed by atoms with E-state index in [1.54, 1.807) is 7.11 Å². The van der Waals surface area contributed by atoms with Crippen molar-refractivity contribution >= 4 is 21.9 Å². The van der Waals surface area contributed by atoms with Gasteiger partial charge in [0.25, 0.3) is 0 Å². The lowest BCUT2D eigenvalue weighted by Crippen LogP contribution is -2.52. The first-order valence-electron chi connectivity index (χ1n) is 11.1. The lowest BCUT2D eigenvalue weighted by molar-refractivity contribution is -0.107. The van der Waals surface area contributed by atoms with E-state index in [0.29, 0.717) is 25.2 Å². The fourth-order valence-corrected chi connectivity index (χ4v) is 5.09. The van der Waals surface area contributed by atoms with Crippen molar-refractivity contribution in [1.82, 2.24) is 25.0 Å². The molecule has 2 fully saturated rings. The number of aromatic nitrogens is 3. The zero-order valence-electron chi connectivity index (χ0n) is 17.7. The number of piperidine rings is 2. The second-order valence-electron chi connectivity index (χ2n) is 8.43. The summed E-state index contributed by atoms with van der Waals surface area (Å²) in [7, 11) is 1.73. The molecule has 0 bridgehead atoms. The van der Waals surface area contributed by atoms with E-state index in [1.165, 1.54) is 35.6 Å². The topological polar surface area (TPSA) is 66.5 Å².